The van der Waals surface area contributed by atoms with E-state index in [1.807, 2.05) is 4.90 Å². The summed E-state index contributed by atoms with van der Waals surface area (Å²) >= 11 is 0. The quantitative estimate of drug-likeness (QED) is 0.915. The van der Waals surface area contributed by atoms with Crippen molar-refractivity contribution in [1.29, 1.82) is 0 Å². The van der Waals surface area contributed by atoms with Gasteiger partial charge in [0, 0.05) is 6.54 Å². The maximum absolute atomic E-state index is 13.1. The Balaban J connectivity index is 1.57. The van der Waals surface area contributed by atoms with Crippen molar-refractivity contribution in [3.63, 3.8) is 0 Å². The van der Waals surface area contributed by atoms with Gasteiger partial charge in [-0.25, -0.2) is 4.39 Å². The van der Waals surface area contributed by atoms with Crippen molar-refractivity contribution in [2.75, 3.05) is 6.54 Å². The van der Waals surface area contributed by atoms with Crippen molar-refractivity contribution < 1.29 is 9.18 Å². The molecule has 0 bridgehead atoms. The number of amides is 1. The van der Waals surface area contributed by atoms with Crippen LogP contribution in [0.5, 0.6) is 0 Å². The number of nitrogens with one attached hydrogen (secondary N) is 1. The third-order valence-electron chi connectivity index (χ3n) is 4.81. The van der Waals surface area contributed by atoms with E-state index < -0.39 is 0 Å². The Kier molecular flexibility index (Phi) is 2.64. The molecule has 1 saturated heterocycles. The van der Waals surface area contributed by atoms with Crippen LogP contribution in [0.1, 0.15) is 43.8 Å². The molecule has 3 nitrogen and oxygen atoms in total. The number of carbonyl (C=O) groups excluding carboxylic acids is 1. The molecule has 2 aliphatic carbocycles. The lowest BCUT2D eigenvalue weighted by Crippen LogP contribution is -2.33. The topological polar surface area (TPSA) is 32.3 Å². The van der Waals surface area contributed by atoms with Gasteiger partial charge in [-0.15, -0.1) is 0 Å². The van der Waals surface area contributed by atoms with Crippen LogP contribution in [0, 0.1) is 11.7 Å². The molecule has 1 aromatic carbocycles. The summed E-state index contributed by atoms with van der Waals surface area (Å²) in [6.07, 6.45) is 5.50. The molecule has 1 atom stereocenters. The normalized spacial score (nSPS) is 27.4. The van der Waals surface area contributed by atoms with E-state index in [-0.39, 0.29) is 23.4 Å². The first kappa shape index (κ1) is 12.3. The minimum absolute atomic E-state index is 0.0793. The van der Waals surface area contributed by atoms with Gasteiger partial charge in [0.2, 0.25) is 5.91 Å². The molecule has 1 spiro atoms. The highest BCUT2D eigenvalue weighted by atomic mass is 19.1. The van der Waals surface area contributed by atoms with Crippen molar-refractivity contribution in [2.45, 2.75) is 43.8 Å². The van der Waals surface area contributed by atoms with Gasteiger partial charge in [0.05, 0.1) is 0 Å². The first-order chi connectivity index (χ1) is 9.68. The van der Waals surface area contributed by atoms with E-state index in [1.165, 1.54) is 25.0 Å². The second-order valence-electron chi connectivity index (χ2n) is 6.41. The number of hydrogen-bond donors (Lipinski definition) is 1. The van der Waals surface area contributed by atoms with Crippen LogP contribution in [0.15, 0.2) is 24.3 Å². The highest BCUT2D eigenvalue weighted by molar-refractivity contribution is 5.92. The van der Waals surface area contributed by atoms with Crippen molar-refractivity contribution in [3.05, 3.63) is 35.6 Å². The van der Waals surface area contributed by atoms with Crippen LogP contribution in [0.4, 0.5) is 4.39 Å². The molecule has 1 aromatic rings. The summed E-state index contributed by atoms with van der Waals surface area (Å²) in [4.78, 5) is 14.5. The molecule has 4 heteroatoms. The molecule has 0 radical (unpaired) electrons. The predicted octanol–water partition coefficient (Wildman–Crippen LogP) is 2.59. The average Bonchev–Trinajstić information content (AvgIpc) is 3.33. The Morgan fingerprint density at radius 1 is 1.25 bits per heavy atom. The zero-order valence-electron chi connectivity index (χ0n) is 11.4. The second-order valence-corrected chi connectivity index (χ2v) is 6.41. The van der Waals surface area contributed by atoms with E-state index in [1.54, 1.807) is 12.1 Å². The van der Waals surface area contributed by atoms with E-state index in [9.17, 15) is 9.18 Å². The molecule has 2 saturated carbocycles. The summed E-state index contributed by atoms with van der Waals surface area (Å²) in [5.41, 5.74) is 0.683. The fraction of sp³-hybridized carbons (Fsp3) is 0.562. The molecular weight excluding hydrogens is 255 g/mol. The van der Waals surface area contributed by atoms with Crippen molar-refractivity contribution in [1.82, 2.24) is 10.2 Å². The summed E-state index contributed by atoms with van der Waals surface area (Å²) in [6.45, 7) is 0.820. The van der Waals surface area contributed by atoms with Gasteiger partial charge < -0.3 is 4.90 Å². The van der Waals surface area contributed by atoms with E-state index >= 15 is 0 Å². The average molecular weight is 274 g/mol. The predicted molar refractivity (Wildman–Crippen MR) is 73.3 cm³/mol. The zero-order valence-corrected chi connectivity index (χ0v) is 11.4. The van der Waals surface area contributed by atoms with E-state index in [0.717, 1.165) is 37.3 Å². The molecule has 1 heterocycles. The molecule has 0 aromatic heterocycles. The third-order valence-corrected chi connectivity index (χ3v) is 4.81. The zero-order chi connectivity index (χ0) is 13.7. The molecule has 1 unspecified atom stereocenters. The molecular formula is C16H19FN2O. The molecule has 106 valence electrons. The lowest BCUT2D eigenvalue weighted by molar-refractivity contribution is -0.131. The number of hydrogen-bond acceptors (Lipinski definition) is 2. The lowest BCUT2D eigenvalue weighted by Gasteiger charge is -2.24. The van der Waals surface area contributed by atoms with Gasteiger partial charge in [-0.2, -0.15) is 0 Å². The summed E-state index contributed by atoms with van der Waals surface area (Å²) in [5, 5.41) is 3.48. The number of carbonyl (C=O) groups is 1. The summed E-state index contributed by atoms with van der Waals surface area (Å²) < 4.78 is 13.1. The first-order valence-electron chi connectivity index (χ1n) is 7.52. The number of rotatable bonds is 4. The minimum Gasteiger partial charge on any atom is -0.321 e. The standard InChI is InChI=1S/C16H19FN2O/c17-13-5-3-12(4-6-13)14-18-16(8-9-16)15(20)19(14)10-7-11-1-2-11/h3-6,11,14,18H,1-2,7-10H2. The van der Waals surface area contributed by atoms with E-state index in [4.69, 9.17) is 0 Å². The van der Waals surface area contributed by atoms with Crippen molar-refractivity contribution >= 4 is 5.91 Å². The summed E-state index contributed by atoms with van der Waals surface area (Å²) in [5.74, 6) is 0.823. The monoisotopic (exact) mass is 274 g/mol. The lowest BCUT2D eigenvalue weighted by atomic mass is 10.1. The summed E-state index contributed by atoms with van der Waals surface area (Å²) in [6, 6.07) is 6.51. The van der Waals surface area contributed by atoms with Gasteiger partial charge in [-0.3, -0.25) is 10.1 Å². The van der Waals surface area contributed by atoms with Crippen LogP contribution in [0.25, 0.3) is 0 Å². The van der Waals surface area contributed by atoms with Crippen LogP contribution in [-0.2, 0) is 4.79 Å². The largest absolute Gasteiger partial charge is 0.321 e. The third kappa shape index (κ3) is 2.03. The van der Waals surface area contributed by atoms with Gasteiger partial charge in [-0.1, -0.05) is 25.0 Å². The molecule has 1 N–H and O–H groups in total. The van der Waals surface area contributed by atoms with Gasteiger partial charge in [0.25, 0.3) is 0 Å². The molecule has 4 rings (SSSR count). The highest BCUT2D eigenvalue weighted by Gasteiger charge is 2.59. The van der Waals surface area contributed by atoms with Gasteiger partial charge >= 0.3 is 0 Å². The first-order valence-corrected chi connectivity index (χ1v) is 7.52. The van der Waals surface area contributed by atoms with Crippen molar-refractivity contribution in [2.24, 2.45) is 5.92 Å². The van der Waals surface area contributed by atoms with Gasteiger partial charge in [0.15, 0.2) is 0 Å². The second kappa shape index (κ2) is 4.29. The minimum atomic E-state index is -0.303. The Labute approximate surface area is 118 Å². The van der Waals surface area contributed by atoms with Crippen molar-refractivity contribution in [3.8, 4) is 0 Å². The van der Waals surface area contributed by atoms with Gasteiger partial charge in [-0.05, 0) is 42.9 Å². The Bertz CT molecular complexity index is 534. The van der Waals surface area contributed by atoms with Crippen LogP contribution in [-0.4, -0.2) is 22.9 Å². The maximum Gasteiger partial charge on any atom is 0.244 e. The molecule has 1 amide bonds. The Morgan fingerprint density at radius 3 is 2.55 bits per heavy atom. The van der Waals surface area contributed by atoms with E-state index in [2.05, 4.69) is 5.32 Å². The molecule has 3 fully saturated rings. The highest BCUT2D eigenvalue weighted by Crippen LogP contribution is 2.46. The molecule has 1 aliphatic heterocycles. The van der Waals surface area contributed by atoms with Gasteiger partial charge in [0.1, 0.15) is 17.5 Å². The van der Waals surface area contributed by atoms with Crippen LogP contribution in [0.2, 0.25) is 0 Å². The number of nitrogens with zero attached hydrogens (tertiary/aromatic N) is 1. The fourth-order valence-electron chi connectivity index (χ4n) is 3.14. The molecule has 20 heavy (non-hydrogen) atoms. The fourth-order valence-corrected chi connectivity index (χ4v) is 3.14. The Morgan fingerprint density at radius 2 is 1.95 bits per heavy atom. The Hall–Kier alpha value is -1.42. The summed E-state index contributed by atoms with van der Waals surface area (Å²) in [7, 11) is 0. The number of benzene rings is 1. The van der Waals surface area contributed by atoms with E-state index in [0.29, 0.717) is 0 Å². The smallest absolute Gasteiger partial charge is 0.244 e. The van der Waals surface area contributed by atoms with Crippen LogP contribution >= 0.6 is 0 Å². The molecule has 3 aliphatic rings. The van der Waals surface area contributed by atoms with Crippen LogP contribution in [0.3, 0.4) is 0 Å². The SMILES string of the molecule is O=C1N(CCC2CC2)C(c2ccc(F)cc2)NC12CC2. The number of halogens is 1. The maximum atomic E-state index is 13.1. The van der Waals surface area contributed by atoms with Crippen LogP contribution < -0.4 is 5.32 Å².